The van der Waals surface area contributed by atoms with E-state index in [1.807, 2.05) is 0 Å². The maximum atomic E-state index is 14.3. The van der Waals surface area contributed by atoms with Gasteiger partial charge in [-0.05, 0) is 55.2 Å². The molecule has 1 aromatic heterocycles. The molecule has 1 heterocycles. The summed E-state index contributed by atoms with van der Waals surface area (Å²) in [5.74, 6) is -0.577. The van der Waals surface area contributed by atoms with Gasteiger partial charge in [0, 0.05) is 12.2 Å². The number of hydrogen-bond acceptors (Lipinski definition) is 3. The van der Waals surface area contributed by atoms with Crippen LogP contribution < -0.4 is 10.6 Å². The van der Waals surface area contributed by atoms with Crippen molar-refractivity contribution in [3.63, 3.8) is 0 Å². The highest BCUT2D eigenvalue weighted by atomic mass is 35.5. The van der Waals surface area contributed by atoms with Crippen LogP contribution in [0.25, 0.3) is 0 Å². The van der Waals surface area contributed by atoms with E-state index >= 15 is 0 Å². The Morgan fingerprint density at radius 1 is 1.16 bits per heavy atom. The second-order valence-electron chi connectivity index (χ2n) is 7.72. The van der Waals surface area contributed by atoms with Gasteiger partial charge in [0.1, 0.15) is 11.4 Å². The summed E-state index contributed by atoms with van der Waals surface area (Å²) < 4.78 is 54.7. The van der Waals surface area contributed by atoms with Gasteiger partial charge in [0.25, 0.3) is 0 Å². The molecule has 1 aliphatic carbocycles. The van der Waals surface area contributed by atoms with E-state index in [-0.39, 0.29) is 18.0 Å². The third kappa shape index (κ3) is 5.39. The first kappa shape index (κ1) is 23.1. The van der Waals surface area contributed by atoms with Gasteiger partial charge in [-0.1, -0.05) is 37.1 Å². The summed E-state index contributed by atoms with van der Waals surface area (Å²) in [6, 6.07) is 5.88. The van der Waals surface area contributed by atoms with Gasteiger partial charge in [-0.3, -0.25) is 4.98 Å². The molecule has 31 heavy (non-hydrogen) atoms. The third-order valence-corrected chi connectivity index (χ3v) is 5.65. The number of halogens is 5. The fourth-order valence-corrected chi connectivity index (χ4v) is 4.12. The second kappa shape index (κ2) is 9.30. The van der Waals surface area contributed by atoms with Crippen LogP contribution in [-0.2, 0) is 11.7 Å². The van der Waals surface area contributed by atoms with Gasteiger partial charge in [-0.15, -0.1) is 6.58 Å². The quantitative estimate of drug-likeness (QED) is 0.363. The zero-order valence-electron chi connectivity index (χ0n) is 16.9. The Morgan fingerprint density at radius 3 is 2.42 bits per heavy atom. The molecule has 1 aliphatic rings. The van der Waals surface area contributed by atoms with Crippen molar-refractivity contribution in [2.24, 2.45) is 0 Å². The molecule has 0 radical (unpaired) electrons. The van der Waals surface area contributed by atoms with Crippen LogP contribution in [0.4, 0.5) is 17.6 Å². The molecule has 0 unspecified atom stereocenters. The summed E-state index contributed by atoms with van der Waals surface area (Å²) in [7, 11) is 0. The highest BCUT2D eigenvalue weighted by molar-refractivity contribution is 6.30. The summed E-state index contributed by atoms with van der Waals surface area (Å²) in [5.41, 5.74) is -1.99. The van der Waals surface area contributed by atoms with E-state index in [0.717, 1.165) is 37.8 Å². The topological polar surface area (TPSA) is 37.0 Å². The van der Waals surface area contributed by atoms with Gasteiger partial charge >= 0.3 is 6.18 Å². The molecule has 1 aromatic carbocycles. The van der Waals surface area contributed by atoms with Crippen molar-refractivity contribution in [1.29, 1.82) is 0 Å². The van der Waals surface area contributed by atoms with Crippen LogP contribution in [0.5, 0.6) is 0 Å². The predicted molar refractivity (Wildman–Crippen MR) is 114 cm³/mol. The van der Waals surface area contributed by atoms with Crippen molar-refractivity contribution < 1.29 is 17.6 Å². The maximum absolute atomic E-state index is 14.3. The Kier molecular flexibility index (Phi) is 6.94. The zero-order valence-corrected chi connectivity index (χ0v) is 17.7. The van der Waals surface area contributed by atoms with E-state index in [1.54, 1.807) is 18.2 Å². The Balaban J connectivity index is 2.12. The van der Waals surface area contributed by atoms with E-state index in [0.29, 0.717) is 22.6 Å². The molecule has 0 spiro atoms. The van der Waals surface area contributed by atoms with E-state index in [1.165, 1.54) is 6.20 Å². The lowest BCUT2D eigenvalue weighted by Crippen LogP contribution is -2.47. The lowest BCUT2D eigenvalue weighted by Gasteiger charge is -2.37. The van der Waals surface area contributed by atoms with E-state index in [4.69, 9.17) is 11.6 Å². The summed E-state index contributed by atoms with van der Waals surface area (Å²) in [6.45, 7) is 7.78. The standard InChI is InChI=1S/C23H24ClF4N3/c1-3-10-22(21-9-8-18(24)14-29-21,31-15(2)30-20-6-4-5-7-20)16-11-17(23(26,27)28)13-19(25)12-16/h3,8-9,11-14,20,30-31H,1-2,4-7,10H2/t22-/m0/s1. The van der Waals surface area contributed by atoms with Crippen LogP contribution in [0.15, 0.2) is 61.6 Å². The van der Waals surface area contributed by atoms with E-state index < -0.39 is 23.1 Å². The predicted octanol–water partition coefficient (Wildman–Crippen LogP) is 6.31. The van der Waals surface area contributed by atoms with Crippen LogP contribution in [0.2, 0.25) is 5.02 Å². The number of rotatable bonds is 8. The highest BCUT2D eigenvalue weighted by Crippen LogP contribution is 2.38. The first-order valence-corrected chi connectivity index (χ1v) is 10.4. The minimum atomic E-state index is -4.71. The number of pyridine rings is 1. The van der Waals surface area contributed by atoms with Crippen molar-refractivity contribution in [2.45, 2.75) is 49.9 Å². The first-order valence-electron chi connectivity index (χ1n) is 9.99. The Hall–Kier alpha value is -2.54. The van der Waals surface area contributed by atoms with Gasteiger partial charge in [0.05, 0.1) is 22.1 Å². The largest absolute Gasteiger partial charge is 0.416 e. The van der Waals surface area contributed by atoms with Crippen LogP contribution in [-0.4, -0.2) is 11.0 Å². The van der Waals surface area contributed by atoms with Crippen molar-refractivity contribution in [1.82, 2.24) is 15.6 Å². The number of aromatic nitrogens is 1. The Labute approximate surface area is 184 Å². The molecule has 1 saturated carbocycles. The van der Waals surface area contributed by atoms with Gasteiger partial charge in [-0.2, -0.15) is 13.2 Å². The Morgan fingerprint density at radius 2 is 1.84 bits per heavy atom. The molecule has 0 amide bonds. The summed E-state index contributed by atoms with van der Waals surface area (Å²) in [5, 5.41) is 6.86. The molecule has 1 fully saturated rings. The zero-order chi connectivity index (χ0) is 22.6. The summed E-state index contributed by atoms with van der Waals surface area (Å²) in [6.07, 6.45) is 2.52. The molecule has 3 rings (SSSR count). The molecule has 166 valence electrons. The number of hydrogen-bond donors (Lipinski definition) is 2. The summed E-state index contributed by atoms with van der Waals surface area (Å²) in [4.78, 5) is 4.34. The van der Waals surface area contributed by atoms with Crippen molar-refractivity contribution in [3.8, 4) is 0 Å². The van der Waals surface area contributed by atoms with Gasteiger partial charge in [0.15, 0.2) is 0 Å². The maximum Gasteiger partial charge on any atom is 0.416 e. The number of nitrogens with one attached hydrogen (secondary N) is 2. The van der Waals surface area contributed by atoms with Gasteiger partial charge in [0.2, 0.25) is 0 Å². The fraction of sp³-hybridized carbons (Fsp3) is 0.348. The van der Waals surface area contributed by atoms with Crippen LogP contribution in [0.3, 0.4) is 0 Å². The van der Waals surface area contributed by atoms with Crippen LogP contribution in [0, 0.1) is 5.82 Å². The number of alkyl halides is 3. The van der Waals surface area contributed by atoms with Crippen LogP contribution >= 0.6 is 11.6 Å². The molecule has 8 heteroatoms. The minimum Gasteiger partial charge on any atom is -0.370 e. The highest BCUT2D eigenvalue weighted by Gasteiger charge is 2.39. The van der Waals surface area contributed by atoms with Crippen molar-refractivity contribution in [3.05, 3.63) is 89.2 Å². The first-order chi connectivity index (χ1) is 14.6. The molecular formula is C23H24ClF4N3. The molecule has 3 nitrogen and oxygen atoms in total. The van der Waals surface area contributed by atoms with Gasteiger partial charge in [-0.25, -0.2) is 4.39 Å². The SMILES string of the molecule is C=CC[C@](NC(=C)NC1CCCC1)(c1cc(F)cc(C(F)(F)F)c1)c1ccc(Cl)cn1. The molecule has 0 bridgehead atoms. The summed E-state index contributed by atoms with van der Waals surface area (Å²) >= 11 is 5.97. The van der Waals surface area contributed by atoms with E-state index in [9.17, 15) is 17.6 Å². The number of benzene rings is 1. The minimum absolute atomic E-state index is 0.0592. The normalized spacial score (nSPS) is 16.5. The average Bonchev–Trinajstić information content (AvgIpc) is 3.20. The molecule has 0 saturated heterocycles. The van der Waals surface area contributed by atoms with Gasteiger partial charge < -0.3 is 10.6 Å². The lowest BCUT2D eigenvalue weighted by atomic mass is 9.82. The molecule has 1 atom stereocenters. The van der Waals surface area contributed by atoms with Crippen molar-refractivity contribution in [2.75, 3.05) is 0 Å². The van der Waals surface area contributed by atoms with Crippen molar-refractivity contribution >= 4 is 11.6 Å². The molecular weight excluding hydrogens is 430 g/mol. The average molecular weight is 454 g/mol. The molecule has 0 aliphatic heterocycles. The van der Waals surface area contributed by atoms with E-state index in [2.05, 4.69) is 28.8 Å². The fourth-order valence-electron chi connectivity index (χ4n) is 4.01. The number of nitrogens with zero attached hydrogens (tertiary/aromatic N) is 1. The molecule has 2 N–H and O–H groups in total. The lowest BCUT2D eigenvalue weighted by molar-refractivity contribution is -0.137. The van der Waals surface area contributed by atoms with Crippen LogP contribution in [0.1, 0.15) is 48.9 Å². The third-order valence-electron chi connectivity index (χ3n) is 5.43. The monoisotopic (exact) mass is 453 g/mol. The molecule has 2 aromatic rings. The smallest absolute Gasteiger partial charge is 0.370 e. The Bertz CT molecular complexity index is 937. The second-order valence-corrected chi connectivity index (χ2v) is 8.15.